The molecule has 3 atom stereocenters. The van der Waals surface area contributed by atoms with E-state index in [1.807, 2.05) is 4.90 Å². The molecule has 0 bridgehead atoms. The molecule has 0 radical (unpaired) electrons. The van der Waals surface area contributed by atoms with Gasteiger partial charge in [-0.3, -0.25) is 14.7 Å². The normalized spacial score (nSPS) is 32.7. The van der Waals surface area contributed by atoms with Crippen molar-refractivity contribution in [2.24, 2.45) is 5.92 Å². The van der Waals surface area contributed by atoms with Crippen LogP contribution in [0, 0.1) is 5.92 Å². The van der Waals surface area contributed by atoms with Crippen LogP contribution < -0.4 is 5.73 Å². The molecule has 3 N–H and O–H groups in total. The molecule has 1 aromatic rings. The van der Waals surface area contributed by atoms with E-state index in [0.717, 1.165) is 0 Å². The number of anilines is 1. The van der Waals surface area contributed by atoms with Gasteiger partial charge >= 0.3 is 0 Å². The van der Waals surface area contributed by atoms with Crippen molar-refractivity contribution in [2.75, 3.05) is 18.9 Å². The predicted molar refractivity (Wildman–Crippen MR) is 81.2 cm³/mol. The number of hydrogen-bond acceptors (Lipinski definition) is 5. The number of carbonyl (C=O) groups is 2. The van der Waals surface area contributed by atoms with Crippen LogP contribution in [0.1, 0.15) is 37.2 Å². The van der Waals surface area contributed by atoms with E-state index >= 15 is 0 Å². The predicted octanol–water partition coefficient (Wildman–Crippen LogP) is 0.190. The highest BCUT2D eigenvalue weighted by Crippen LogP contribution is 2.49. The molecule has 4 heterocycles. The van der Waals surface area contributed by atoms with Crippen LogP contribution in [-0.2, 0) is 9.53 Å². The Morgan fingerprint density at radius 2 is 2.35 bits per heavy atom. The van der Waals surface area contributed by atoms with E-state index in [9.17, 15) is 9.59 Å². The van der Waals surface area contributed by atoms with Crippen molar-refractivity contribution < 1.29 is 14.3 Å². The Morgan fingerprint density at radius 3 is 3.00 bits per heavy atom. The van der Waals surface area contributed by atoms with E-state index in [1.165, 1.54) is 6.07 Å². The largest absolute Gasteiger partial charge is 0.382 e. The minimum absolute atomic E-state index is 0.0767. The molecule has 124 valence electrons. The lowest BCUT2D eigenvalue weighted by Crippen LogP contribution is -2.51. The fraction of sp³-hybridized carbons (Fsp3) is 0.667. The lowest BCUT2D eigenvalue weighted by atomic mass is 10.0. The Bertz CT molecular complexity index is 672. The number of nitrogens with zero attached hydrogens (tertiary/aromatic N) is 3. The first-order valence-electron chi connectivity index (χ1n) is 8.02. The summed E-state index contributed by atoms with van der Waals surface area (Å²) in [4.78, 5) is 28.9. The molecule has 0 unspecified atom stereocenters. The Balaban J connectivity index is 1.64. The van der Waals surface area contributed by atoms with Gasteiger partial charge in [0.25, 0.3) is 5.91 Å². The maximum Gasteiger partial charge on any atom is 0.272 e. The number of rotatable bonds is 2. The Kier molecular flexibility index (Phi) is 2.96. The summed E-state index contributed by atoms with van der Waals surface area (Å²) in [7, 11) is 0. The second-order valence-electron chi connectivity index (χ2n) is 6.91. The van der Waals surface area contributed by atoms with E-state index in [1.54, 1.807) is 4.90 Å². The van der Waals surface area contributed by atoms with Crippen LogP contribution in [0.4, 0.5) is 5.82 Å². The third-order valence-electron chi connectivity index (χ3n) is 5.35. The average molecular weight is 319 g/mol. The fourth-order valence-electron chi connectivity index (χ4n) is 4.22. The topological polar surface area (TPSA) is 105 Å². The van der Waals surface area contributed by atoms with Gasteiger partial charge in [-0.25, -0.2) is 0 Å². The molecule has 3 aliphatic rings. The lowest BCUT2D eigenvalue weighted by Gasteiger charge is -2.34. The molecule has 1 spiro atoms. The van der Waals surface area contributed by atoms with Crippen LogP contribution in [0.25, 0.3) is 0 Å². The summed E-state index contributed by atoms with van der Waals surface area (Å²) in [6.07, 6.45) is 0.973. The van der Waals surface area contributed by atoms with Crippen molar-refractivity contribution in [2.45, 2.75) is 44.5 Å². The third kappa shape index (κ3) is 1.84. The monoisotopic (exact) mass is 319 g/mol. The lowest BCUT2D eigenvalue weighted by molar-refractivity contribution is -0.139. The molecular formula is C15H21N5O3. The number of ether oxygens (including phenoxy) is 1. The van der Waals surface area contributed by atoms with Gasteiger partial charge in [0.2, 0.25) is 5.91 Å². The van der Waals surface area contributed by atoms with Gasteiger partial charge in [-0.15, -0.1) is 0 Å². The Labute approximate surface area is 133 Å². The van der Waals surface area contributed by atoms with Crippen LogP contribution in [-0.4, -0.2) is 62.8 Å². The SMILES string of the molecule is CC(C)[C@@H]1CO[C@@]23CCN(C(=O)c4cc(N)n[nH]4)[C@@H]2CC(=O)N13. The van der Waals surface area contributed by atoms with Crippen LogP contribution >= 0.6 is 0 Å². The zero-order chi connectivity index (χ0) is 16.4. The quantitative estimate of drug-likeness (QED) is 0.809. The highest BCUT2D eigenvalue weighted by atomic mass is 16.5. The van der Waals surface area contributed by atoms with Gasteiger partial charge in [-0.2, -0.15) is 5.10 Å². The second-order valence-corrected chi connectivity index (χ2v) is 6.91. The molecular weight excluding hydrogens is 298 g/mol. The summed E-state index contributed by atoms with van der Waals surface area (Å²) >= 11 is 0. The summed E-state index contributed by atoms with van der Waals surface area (Å²) in [5.41, 5.74) is 5.28. The number of nitrogens with two attached hydrogens (primary N) is 1. The van der Waals surface area contributed by atoms with E-state index in [4.69, 9.17) is 10.5 Å². The standard InChI is InChI=1S/C15H21N5O3/c1-8(2)10-7-23-15-3-4-19(11(15)6-13(21)20(10)15)14(22)9-5-12(16)18-17-9/h5,8,10-11H,3-4,6-7H2,1-2H3,(H3,16,17,18)/t10-,11+,15-/m0/s1. The van der Waals surface area contributed by atoms with Crippen molar-refractivity contribution in [1.82, 2.24) is 20.0 Å². The zero-order valence-corrected chi connectivity index (χ0v) is 13.3. The van der Waals surface area contributed by atoms with Crippen LogP contribution in [0.3, 0.4) is 0 Å². The minimum Gasteiger partial charge on any atom is -0.382 e. The highest BCUT2D eigenvalue weighted by Gasteiger charge is 2.65. The first kappa shape index (κ1) is 14.5. The van der Waals surface area contributed by atoms with E-state index in [0.29, 0.717) is 37.6 Å². The zero-order valence-electron chi connectivity index (χ0n) is 13.3. The number of aromatic amines is 1. The van der Waals surface area contributed by atoms with Crippen molar-refractivity contribution >= 4 is 17.6 Å². The van der Waals surface area contributed by atoms with Crippen molar-refractivity contribution in [3.8, 4) is 0 Å². The van der Waals surface area contributed by atoms with E-state index in [2.05, 4.69) is 24.0 Å². The van der Waals surface area contributed by atoms with Gasteiger partial charge in [-0.1, -0.05) is 13.8 Å². The fourth-order valence-corrected chi connectivity index (χ4v) is 4.22. The number of nitrogen functional groups attached to an aromatic ring is 1. The number of nitrogens with one attached hydrogen (secondary N) is 1. The molecule has 23 heavy (non-hydrogen) atoms. The summed E-state index contributed by atoms with van der Waals surface area (Å²) in [6, 6.07) is 1.37. The highest BCUT2D eigenvalue weighted by molar-refractivity contribution is 5.94. The van der Waals surface area contributed by atoms with Gasteiger partial charge in [0.1, 0.15) is 11.5 Å². The summed E-state index contributed by atoms with van der Waals surface area (Å²) in [5.74, 6) is 0.507. The maximum absolute atomic E-state index is 12.7. The van der Waals surface area contributed by atoms with Gasteiger partial charge in [0.15, 0.2) is 5.72 Å². The van der Waals surface area contributed by atoms with Gasteiger partial charge in [0.05, 0.1) is 25.1 Å². The third-order valence-corrected chi connectivity index (χ3v) is 5.35. The van der Waals surface area contributed by atoms with Crippen LogP contribution in [0.5, 0.6) is 0 Å². The number of amides is 2. The smallest absolute Gasteiger partial charge is 0.272 e. The number of H-pyrrole nitrogens is 1. The molecule has 3 saturated heterocycles. The van der Waals surface area contributed by atoms with E-state index < -0.39 is 5.72 Å². The molecule has 2 amide bonds. The van der Waals surface area contributed by atoms with Crippen LogP contribution in [0.2, 0.25) is 0 Å². The van der Waals surface area contributed by atoms with Crippen molar-refractivity contribution in [3.05, 3.63) is 11.8 Å². The molecule has 8 nitrogen and oxygen atoms in total. The summed E-state index contributed by atoms with van der Waals surface area (Å²) in [6.45, 7) is 5.30. The van der Waals surface area contributed by atoms with Crippen molar-refractivity contribution in [1.29, 1.82) is 0 Å². The number of hydrogen-bond donors (Lipinski definition) is 2. The van der Waals surface area contributed by atoms with Gasteiger partial charge < -0.3 is 20.3 Å². The average Bonchev–Trinajstić information content (AvgIpc) is 3.21. The first-order chi connectivity index (χ1) is 10.9. The Hall–Kier alpha value is -2.09. The molecule has 8 heteroatoms. The molecule has 0 aliphatic carbocycles. The molecule has 0 aromatic carbocycles. The van der Waals surface area contributed by atoms with Gasteiger partial charge in [-0.05, 0) is 5.92 Å². The Morgan fingerprint density at radius 1 is 1.57 bits per heavy atom. The molecule has 1 aromatic heterocycles. The number of aromatic nitrogens is 2. The van der Waals surface area contributed by atoms with Gasteiger partial charge in [0, 0.05) is 19.0 Å². The van der Waals surface area contributed by atoms with Crippen molar-refractivity contribution in [3.63, 3.8) is 0 Å². The number of carbonyl (C=O) groups excluding carboxylic acids is 2. The summed E-state index contributed by atoms with van der Waals surface area (Å²) in [5, 5.41) is 6.46. The minimum atomic E-state index is -0.646. The molecule has 0 saturated carbocycles. The molecule has 3 fully saturated rings. The number of likely N-dealkylation sites (tertiary alicyclic amines) is 1. The van der Waals surface area contributed by atoms with E-state index in [-0.39, 0.29) is 29.7 Å². The first-order valence-corrected chi connectivity index (χ1v) is 8.02. The van der Waals surface area contributed by atoms with Crippen LogP contribution in [0.15, 0.2) is 6.07 Å². The maximum atomic E-state index is 12.7. The molecule has 3 aliphatic heterocycles. The molecule has 4 rings (SSSR count). The summed E-state index contributed by atoms with van der Waals surface area (Å²) < 4.78 is 6.11. The second kappa shape index (κ2) is 4.70.